The second kappa shape index (κ2) is 8.09. The van der Waals surface area contributed by atoms with Crippen LogP contribution in [0.4, 0.5) is 5.69 Å². The van der Waals surface area contributed by atoms with Crippen LogP contribution in [0.25, 0.3) is 16.7 Å². The highest BCUT2D eigenvalue weighted by atomic mass is 35.5. The molecule has 0 atom stereocenters. The normalized spacial score (nSPS) is 18.7. The molecule has 1 amide bonds. The Bertz CT molecular complexity index is 1130. The van der Waals surface area contributed by atoms with Crippen molar-refractivity contribution < 1.29 is 20.2 Å². The highest BCUT2D eigenvalue weighted by Gasteiger charge is 2.43. The predicted octanol–water partition coefficient (Wildman–Crippen LogP) is 4.16. The van der Waals surface area contributed by atoms with Gasteiger partial charge in [-0.25, -0.2) is 0 Å². The van der Waals surface area contributed by atoms with E-state index in [2.05, 4.69) is 15.8 Å². The molecule has 1 aliphatic carbocycles. The zero-order chi connectivity index (χ0) is 22.2. The molecule has 0 unspecified atom stereocenters. The minimum absolute atomic E-state index is 0.0880. The van der Waals surface area contributed by atoms with Gasteiger partial charge in [0.2, 0.25) is 5.88 Å². The van der Waals surface area contributed by atoms with Crippen molar-refractivity contribution in [3.05, 3.63) is 70.7 Å². The molecule has 0 saturated heterocycles. The van der Waals surface area contributed by atoms with Crippen LogP contribution < -0.4 is 10.6 Å². The van der Waals surface area contributed by atoms with Crippen molar-refractivity contribution in [2.24, 2.45) is 5.16 Å². The number of carbonyl (C=O) groups excluding carboxylic acids is 1. The summed E-state index contributed by atoms with van der Waals surface area (Å²) in [6.45, 7) is 1.71. The van der Waals surface area contributed by atoms with Gasteiger partial charge in [-0.3, -0.25) is 4.79 Å². The van der Waals surface area contributed by atoms with Gasteiger partial charge in [0.05, 0.1) is 23.0 Å². The van der Waals surface area contributed by atoms with E-state index in [1.165, 1.54) is 12.3 Å². The van der Waals surface area contributed by atoms with Crippen molar-refractivity contribution in [1.82, 2.24) is 5.32 Å². The van der Waals surface area contributed by atoms with Gasteiger partial charge in [0.15, 0.2) is 0 Å². The fraction of sp³-hybridized carbons (Fsp3) is 0.217. The van der Waals surface area contributed by atoms with Gasteiger partial charge in [0, 0.05) is 22.7 Å². The molecule has 1 aliphatic heterocycles. The summed E-state index contributed by atoms with van der Waals surface area (Å²) in [5, 5.41) is 37.6. The molecule has 1 saturated carbocycles. The van der Waals surface area contributed by atoms with Crippen LogP contribution in [-0.2, 0) is 10.2 Å². The van der Waals surface area contributed by atoms with E-state index in [4.69, 9.17) is 16.8 Å². The third-order valence-electron chi connectivity index (χ3n) is 5.76. The van der Waals surface area contributed by atoms with Crippen LogP contribution in [0.1, 0.15) is 30.9 Å². The van der Waals surface area contributed by atoms with Crippen molar-refractivity contribution >= 4 is 34.5 Å². The number of anilines is 1. The first-order valence-electron chi connectivity index (χ1n) is 9.80. The number of aliphatic hydroxyl groups is 2. The zero-order valence-corrected chi connectivity index (χ0v) is 17.6. The molecule has 5 N–H and O–H groups in total. The molecule has 2 aliphatic rings. The molecule has 0 spiro atoms. The van der Waals surface area contributed by atoms with Crippen LogP contribution in [0.3, 0.4) is 0 Å². The monoisotopic (exact) mass is 439 g/mol. The molecule has 160 valence electrons. The standard InChI is InChI=1S/C23H22ClN3O4/c1-13(27-31)6-9-25-21(29)20-17-10-16(18(24)11-19(17)26-22(20)30)14-2-4-15(5-3-14)23(12-28)7-8-23/h2-6,9-11,25,28-29,31H,7-8,12H2,1H3,(H,26,30)/b9-6+,21-20+,27-13-. The molecule has 0 bridgehead atoms. The summed E-state index contributed by atoms with van der Waals surface area (Å²) in [5.41, 5.74) is 4.02. The fourth-order valence-electron chi connectivity index (χ4n) is 3.69. The van der Waals surface area contributed by atoms with Crippen molar-refractivity contribution in [1.29, 1.82) is 0 Å². The number of oxime groups is 1. The average molecular weight is 440 g/mol. The maximum absolute atomic E-state index is 12.5. The minimum Gasteiger partial charge on any atom is -0.494 e. The van der Waals surface area contributed by atoms with Crippen molar-refractivity contribution in [3.63, 3.8) is 0 Å². The second-order valence-electron chi connectivity index (χ2n) is 7.79. The van der Waals surface area contributed by atoms with Crippen LogP contribution in [0.5, 0.6) is 0 Å². The van der Waals surface area contributed by atoms with Crippen LogP contribution in [0, 0.1) is 0 Å². The highest BCUT2D eigenvalue weighted by Crippen LogP contribution is 2.48. The maximum atomic E-state index is 12.5. The Morgan fingerprint density at radius 2 is 1.97 bits per heavy atom. The molecule has 2 aromatic carbocycles. The van der Waals surface area contributed by atoms with Gasteiger partial charge in [-0.15, -0.1) is 0 Å². The summed E-state index contributed by atoms with van der Waals surface area (Å²) in [6.07, 6.45) is 4.77. The first-order chi connectivity index (χ1) is 14.9. The molecular formula is C23H22ClN3O4. The molecule has 7 nitrogen and oxygen atoms in total. The molecule has 31 heavy (non-hydrogen) atoms. The Labute approximate surface area is 184 Å². The van der Waals surface area contributed by atoms with E-state index in [1.54, 1.807) is 19.1 Å². The second-order valence-corrected chi connectivity index (χ2v) is 8.20. The lowest BCUT2D eigenvalue weighted by Gasteiger charge is -2.14. The highest BCUT2D eigenvalue weighted by molar-refractivity contribution is 6.36. The Hall–Kier alpha value is -3.29. The lowest BCUT2D eigenvalue weighted by Crippen LogP contribution is -2.13. The Kier molecular flexibility index (Phi) is 5.47. The van der Waals surface area contributed by atoms with E-state index in [-0.39, 0.29) is 23.5 Å². The van der Waals surface area contributed by atoms with Gasteiger partial charge in [-0.05, 0) is 49.1 Å². The van der Waals surface area contributed by atoms with E-state index < -0.39 is 5.91 Å². The van der Waals surface area contributed by atoms with Gasteiger partial charge >= 0.3 is 0 Å². The summed E-state index contributed by atoms with van der Waals surface area (Å²) in [4.78, 5) is 12.5. The number of carbonyl (C=O) groups is 1. The van der Waals surface area contributed by atoms with E-state index in [0.29, 0.717) is 22.0 Å². The van der Waals surface area contributed by atoms with Crippen LogP contribution >= 0.6 is 11.6 Å². The molecule has 2 aromatic rings. The van der Waals surface area contributed by atoms with Crippen molar-refractivity contribution in [3.8, 4) is 11.1 Å². The largest absolute Gasteiger partial charge is 0.494 e. The Morgan fingerprint density at radius 1 is 1.26 bits per heavy atom. The summed E-state index contributed by atoms with van der Waals surface area (Å²) in [7, 11) is 0. The number of nitrogens with zero attached hydrogens (tertiary/aromatic N) is 1. The van der Waals surface area contributed by atoms with E-state index in [9.17, 15) is 15.0 Å². The average Bonchev–Trinajstić information content (AvgIpc) is 3.50. The number of amides is 1. The molecule has 8 heteroatoms. The molecule has 0 aromatic heterocycles. The third kappa shape index (κ3) is 3.89. The fourth-order valence-corrected chi connectivity index (χ4v) is 3.96. The zero-order valence-electron chi connectivity index (χ0n) is 16.8. The number of allylic oxidation sites excluding steroid dienone is 1. The predicted molar refractivity (Wildman–Crippen MR) is 120 cm³/mol. The lowest BCUT2D eigenvalue weighted by molar-refractivity contribution is -0.110. The van der Waals surface area contributed by atoms with E-state index >= 15 is 0 Å². The number of hydrogen-bond donors (Lipinski definition) is 5. The molecule has 4 rings (SSSR count). The molecule has 0 radical (unpaired) electrons. The number of aliphatic hydroxyl groups excluding tert-OH is 2. The van der Waals surface area contributed by atoms with Gasteiger partial charge in [0.25, 0.3) is 5.91 Å². The number of halogens is 1. The van der Waals surface area contributed by atoms with Crippen LogP contribution in [0.2, 0.25) is 5.02 Å². The number of hydrogen-bond acceptors (Lipinski definition) is 6. The molecule has 1 fully saturated rings. The first kappa shape index (κ1) is 21.0. The molecular weight excluding hydrogens is 418 g/mol. The minimum atomic E-state index is -0.455. The topological polar surface area (TPSA) is 114 Å². The maximum Gasteiger partial charge on any atom is 0.261 e. The van der Waals surface area contributed by atoms with E-state index in [1.807, 2.05) is 24.3 Å². The smallest absolute Gasteiger partial charge is 0.261 e. The number of nitrogens with one attached hydrogen (secondary N) is 2. The molecule has 1 heterocycles. The number of rotatable bonds is 6. The Balaban J connectivity index is 1.69. The number of fused-ring (bicyclic) bond motifs is 1. The van der Waals surface area contributed by atoms with E-state index in [0.717, 1.165) is 29.5 Å². The Morgan fingerprint density at radius 3 is 2.58 bits per heavy atom. The van der Waals surface area contributed by atoms with Crippen molar-refractivity contribution in [2.75, 3.05) is 11.9 Å². The lowest BCUT2D eigenvalue weighted by atomic mass is 9.93. The van der Waals surface area contributed by atoms with Gasteiger partial charge in [-0.2, -0.15) is 0 Å². The van der Waals surface area contributed by atoms with Gasteiger partial charge < -0.3 is 26.1 Å². The summed E-state index contributed by atoms with van der Waals surface area (Å²) in [5.74, 6) is -0.788. The quantitative estimate of drug-likeness (QED) is 0.152. The van der Waals surface area contributed by atoms with Crippen LogP contribution in [-0.4, -0.2) is 33.6 Å². The SMILES string of the molecule is CC(/C=C/N/C(O)=C1\C(=O)Nc2cc(Cl)c(-c3ccc(C4(CO)CC4)cc3)cc21)=N/O. The summed E-state index contributed by atoms with van der Waals surface area (Å²) >= 11 is 6.49. The number of benzene rings is 2. The third-order valence-corrected chi connectivity index (χ3v) is 6.07. The van der Waals surface area contributed by atoms with Crippen molar-refractivity contribution in [2.45, 2.75) is 25.2 Å². The van der Waals surface area contributed by atoms with Gasteiger partial charge in [0.1, 0.15) is 5.57 Å². The summed E-state index contributed by atoms with van der Waals surface area (Å²) < 4.78 is 0. The van der Waals surface area contributed by atoms with Gasteiger partial charge in [-0.1, -0.05) is 41.0 Å². The summed E-state index contributed by atoms with van der Waals surface area (Å²) in [6, 6.07) is 11.3. The van der Waals surface area contributed by atoms with Crippen LogP contribution in [0.15, 0.2) is 59.7 Å². The first-order valence-corrected chi connectivity index (χ1v) is 10.2.